The van der Waals surface area contributed by atoms with Crippen LogP contribution in [-0.2, 0) is 0 Å². The van der Waals surface area contributed by atoms with E-state index in [9.17, 15) is 0 Å². The first-order valence-corrected chi connectivity index (χ1v) is 10.7. The van der Waals surface area contributed by atoms with Gasteiger partial charge in [-0.15, -0.1) is 0 Å². The van der Waals surface area contributed by atoms with Gasteiger partial charge >= 0.3 is 0 Å². The average Bonchev–Trinajstić information content (AvgIpc) is 2.57. The smallest absolute Gasteiger partial charge is 0.0555 e. The Bertz CT molecular complexity index is 176. The topological polar surface area (TPSA) is 32.3 Å². The molecule has 0 aliphatic rings. The molecule has 140 valence electrons. The van der Waals surface area contributed by atoms with E-state index in [1.165, 1.54) is 109 Å². The molecule has 0 saturated carbocycles. The third-order valence-electron chi connectivity index (χ3n) is 4.75. The normalized spacial score (nSPS) is 11.2. The second kappa shape index (κ2) is 21.9. The molecular weight excluding hydrogens is 282 g/mol. The van der Waals surface area contributed by atoms with Crippen molar-refractivity contribution in [3.63, 3.8) is 0 Å². The van der Waals surface area contributed by atoms with Crippen LogP contribution in [0, 0.1) is 0 Å². The molecule has 0 heterocycles. The molecule has 0 aliphatic heterocycles. The third kappa shape index (κ3) is 21.9. The Labute approximate surface area is 146 Å². The molecule has 0 unspecified atom stereocenters. The third-order valence-corrected chi connectivity index (χ3v) is 4.75. The predicted molar refractivity (Wildman–Crippen MR) is 104 cm³/mol. The molecule has 0 bridgehead atoms. The van der Waals surface area contributed by atoms with Gasteiger partial charge in [0.1, 0.15) is 0 Å². The lowest BCUT2D eigenvalue weighted by molar-refractivity contribution is 0.292. The van der Waals surface area contributed by atoms with E-state index in [-0.39, 0.29) is 6.61 Å². The van der Waals surface area contributed by atoms with Gasteiger partial charge in [0, 0.05) is 6.54 Å². The largest absolute Gasteiger partial charge is 0.395 e. The quantitative estimate of drug-likeness (QED) is 0.260. The predicted octanol–water partition coefficient (Wildman–Crippen LogP) is 6.22. The lowest BCUT2D eigenvalue weighted by Crippen LogP contribution is -2.19. The van der Waals surface area contributed by atoms with Crippen LogP contribution in [0.15, 0.2) is 0 Å². The molecule has 2 nitrogen and oxygen atoms in total. The van der Waals surface area contributed by atoms with Gasteiger partial charge in [-0.25, -0.2) is 0 Å². The fourth-order valence-electron chi connectivity index (χ4n) is 3.18. The SMILES string of the molecule is CCCCCCCCCCCCCCCCCCCNCCO. The van der Waals surface area contributed by atoms with E-state index in [1.807, 2.05) is 0 Å². The van der Waals surface area contributed by atoms with Crippen LogP contribution in [0.4, 0.5) is 0 Å². The summed E-state index contributed by atoms with van der Waals surface area (Å²) >= 11 is 0. The van der Waals surface area contributed by atoms with Crippen LogP contribution < -0.4 is 5.32 Å². The highest BCUT2D eigenvalue weighted by atomic mass is 16.3. The summed E-state index contributed by atoms with van der Waals surface area (Å²) < 4.78 is 0. The van der Waals surface area contributed by atoms with Crippen molar-refractivity contribution in [2.75, 3.05) is 19.7 Å². The van der Waals surface area contributed by atoms with Crippen molar-refractivity contribution in [2.24, 2.45) is 0 Å². The maximum absolute atomic E-state index is 8.65. The molecule has 0 spiro atoms. The van der Waals surface area contributed by atoms with Crippen LogP contribution >= 0.6 is 0 Å². The molecule has 0 aliphatic carbocycles. The van der Waals surface area contributed by atoms with E-state index in [2.05, 4.69) is 12.2 Å². The van der Waals surface area contributed by atoms with Gasteiger partial charge in [0.25, 0.3) is 0 Å². The van der Waals surface area contributed by atoms with Gasteiger partial charge in [-0.1, -0.05) is 110 Å². The van der Waals surface area contributed by atoms with Gasteiger partial charge in [-0.3, -0.25) is 0 Å². The molecule has 0 aromatic rings. The van der Waals surface area contributed by atoms with Crippen molar-refractivity contribution in [1.82, 2.24) is 5.32 Å². The van der Waals surface area contributed by atoms with Gasteiger partial charge in [-0.2, -0.15) is 0 Å². The number of aliphatic hydroxyl groups excluding tert-OH is 1. The molecule has 23 heavy (non-hydrogen) atoms. The number of aliphatic hydroxyl groups is 1. The Morgan fingerprint density at radius 1 is 0.478 bits per heavy atom. The van der Waals surface area contributed by atoms with E-state index < -0.39 is 0 Å². The molecule has 0 aromatic carbocycles. The molecule has 0 radical (unpaired) electrons. The zero-order valence-corrected chi connectivity index (χ0v) is 16.1. The Morgan fingerprint density at radius 2 is 0.826 bits per heavy atom. The monoisotopic (exact) mass is 327 g/mol. The number of hydrogen-bond acceptors (Lipinski definition) is 2. The molecule has 0 atom stereocenters. The van der Waals surface area contributed by atoms with Crippen molar-refractivity contribution < 1.29 is 5.11 Å². The maximum atomic E-state index is 8.65. The lowest BCUT2D eigenvalue weighted by atomic mass is 10.0. The second-order valence-electron chi connectivity index (χ2n) is 7.13. The molecule has 0 fully saturated rings. The van der Waals surface area contributed by atoms with E-state index in [0.29, 0.717) is 0 Å². The number of rotatable bonds is 20. The minimum Gasteiger partial charge on any atom is -0.395 e. The van der Waals surface area contributed by atoms with Gasteiger partial charge in [0.15, 0.2) is 0 Å². The molecule has 0 aromatic heterocycles. The standard InChI is InChI=1S/C21H45NO/c1-2-3-4-5-6-7-8-9-10-11-12-13-14-15-16-17-18-19-22-20-21-23/h22-23H,2-21H2,1H3. The second-order valence-corrected chi connectivity index (χ2v) is 7.13. The van der Waals surface area contributed by atoms with E-state index in [0.717, 1.165) is 13.1 Å². The van der Waals surface area contributed by atoms with Gasteiger partial charge in [0.2, 0.25) is 0 Å². The van der Waals surface area contributed by atoms with E-state index in [4.69, 9.17) is 5.11 Å². The zero-order valence-electron chi connectivity index (χ0n) is 16.1. The molecule has 0 rings (SSSR count). The minimum atomic E-state index is 0.263. The van der Waals surface area contributed by atoms with Gasteiger partial charge < -0.3 is 10.4 Å². The summed E-state index contributed by atoms with van der Waals surface area (Å²) in [4.78, 5) is 0. The fraction of sp³-hybridized carbons (Fsp3) is 1.00. The van der Waals surface area contributed by atoms with Crippen LogP contribution in [0.25, 0.3) is 0 Å². The summed E-state index contributed by atoms with van der Waals surface area (Å²) in [5.74, 6) is 0. The first-order chi connectivity index (χ1) is 11.4. The van der Waals surface area contributed by atoms with Crippen LogP contribution in [0.2, 0.25) is 0 Å². The first kappa shape index (κ1) is 22.9. The molecule has 0 saturated heterocycles. The van der Waals surface area contributed by atoms with Crippen LogP contribution in [-0.4, -0.2) is 24.8 Å². The zero-order chi connectivity index (χ0) is 16.8. The lowest BCUT2D eigenvalue weighted by Gasteiger charge is -2.04. The van der Waals surface area contributed by atoms with E-state index >= 15 is 0 Å². The summed E-state index contributed by atoms with van der Waals surface area (Å²) in [6.07, 6.45) is 24.2. The number of nitrogens with one attached hydrogen (secondary N) is 1. The Kier molecular flexibility index (Phi) is 21.8. The number of hydrogen-bond donors (Lipinski definition) is 2. The minimum absolute atomic E-state index is 0.263. The first-order valence-electron chi connectivity index (χ1n) is 10.7. The van der Waals surface area contributed by atoms with Crippen molar-refractivity contribution in [1.29, 1.82) is 0 Å². The molecule has 0 amide bonds. The van der Waals surface area contributed by atoms with Crippen LogP contribution in [0.5, 0.6) is 0 Å². The molecule has 2 heteroatoms. The molecule has 2 N–H and O–H groups in total. The summed E-state index contributed by atoms with van der Waals surface area (Å²) in [5, 5.41) is 11.9. The van der Waals surface area contributed by atoms with Crippen molar-refractivity contribution in [3.8, 4) is 0 Å². The number of unbranched alkanes of at least 4 members (excludes halogenated alkanes) is 16. The Morgan fingerprint density at radius 3 is 1.17 bits per heavy atom. The van der Waals surface area contributed by atoms with Crippen LogP contribution in [0.1, 0.15) is 116 Å². The summed E-state index contributed by atoms with van der Waals surface area (Å²) in [7, 11) is 0. The summed E-state index contributed by atoms with van der Waals surface area (Å²) in [6.45, 7) is 4.37. The highest BCUT2D eigenvalue weighted by molar-refractivity contribution is 4.51. The summed E-state index contributed by atoms with van der Waals surface area (Å²) in [6, 6.07) is 0. The Hall–Kier alpha value is -0.0800. The Balaban J connectivity index is 2.92. The molecular formula is C21H45NO. The maximum Gasteiger partial charge on any atom is 0.0555 e. The van der Waals surface area contributed by atoms with Crippen molar-refractivity contribution in [3.05, 3.63) is 0 Å². The van der Waals surface area contributed by atoms with Crippen molar-refractivity contribution in [2.45, 2.75) is 116 Å². The van der Waals surface area contributed by atoms with Gasteiger partial charge in [-0.05, 0) is 13.0 Å². The van der Waals surface area contributed by atoms with Crippen LogP contribution in [0.3, 0.4) is 0 Å². The average molecular weight is 328 g/mol. The van der Waals surface area contributed by atoms with Gasteiger partial charge in [0.05, 0.1) is 6.61 Å². The van der Waals surface area contributed by atoms with Crippen molar-refractivity contribution >= 4 is 0 Å². The fourth-order valence-corrected chi connectivity index (χ4v) is 3.18. The summed E-state index contributed by atoms with van der Waals surface area (Å²) in [5.41, 5.74) is 0. The van der Waals surface area contributed by atoms with E-state index in [1.54, 1.807) is 0 Å². The highest BCUT2D eigenvalue weighted by Gasteiger charge is 1.94. The highest BCUT2D eigenvalue weighted by Crippen LogP contribution is 2.13.